The summed E-state index contributed by atoms with van der Waals surface area (Å²) in [5, 5.41) is 19.5. The van der Waals surface area contributed by atoms with Crippen molar-refractivity contribution < 1.29 is 0 Å². The molecule has 224 valence electrons. The van der Waals surface area contributed by atoms with E-state index in [2.05, 4.69) is 194 Å². The van der Waals surface area contributed by atoms with Crippen LogP contribution in [0, 0.1) is 83.5 Å². The first kappa shape index (κ1) is 28.0. The van der Waals surface area contributed by atoms with Crippen molar-refractivity contribution in [2.75, 3.05) is 0 Å². The van der Waals surface area contributed by atoms with Crippen molar-refractivity contribution in [1.29, 1.82) is 0 Å². The molecule has 0 amide bonds. The average molecular weight is 609 g/mol. The molecule has 0 fully saturated rings. The van der Waals surface area contributed by atoms with Crippen molar-refractivity contribution in [1.82, 2.24) is 0 Å². The molecule has 0 radical (unpaired) electrons. The predicted octanol–water partition coefficient (Wildman–Crippen LogP) is 10.3. The van der Waals surface area contributed by atoms with Gasteiger partial charge in [-0.1, -0.05) is 194 Å². The highest BCUT2D eigenvalue weighted by molar-refractivity contribution is 5.31. The first-order chi connectivity index (χ1) is 23.9. The van der Waals surface area contributed by atoms with Gasteiger partial charge in [0.1, 0.15) is 0 Å². The molecule has 1 aliphatic carbocycles. The fourth-order valence-corrected chi connectivity index (χ4v) is 7.62. The maximum atomic E-state index is 2.28. The Labute approximate surface area is 276 Å². The largest absolute Gasteiger partial charge is 0.0616 e. The molecule has 0 heterocycles. The first-order valence-corrected chi connectivity index (χ1v) is 16.6. The quantitative estimate of drug-likeness (QED) is 0.161. The third-order valence-corrected chi connectivity index (χ3v) is 9.74. The molecule has 0 saturated heterocycles. The van der Waals surface area contributed by atoms with Gasteiger partial charge in [0.15, 0.2) is 0 Å². The Morgan fingerprint density at radius 2 is 0.167 bits per heavy atom. The van der Waals surface area contributed by atoms with Crippen LogP contribution in [-0.2, 0) is 0 Å². The van der Waals surface area contributed by atoms with E-state index in [1.807, 2.05) is 0 Å². The molecule has 1 aliphatic rings. The molecule has 0 spiro atoms. The number of benzene rings is 8. The molecule has 0 nitrogen and oxygen atoms in total. The molecule has 0 aromatic heterocycles. The molecule has 48 heavy (non-hydrogen) atoms. The third kappa shape index (κ3) is 4.62. The van der Waals surface area contributed by atoms with E-state index >= 15 is 0 Å². The highest BCUT2D eigenvalue weighted by atomic mass is 14.0. The zero-order valence-electron chi connectivity index (χ0n) is 26.5. The Hall–Kier alpha value is -6.24. The van der Waals surface area contributed by atoms with Crippen molar-refractivity contribution >= 4 is 0 Å². The van der Waals surface area contributed by atoms with Gasteiger partial charge in [-0.2, -0.15) is 0 Å². The maximum Gasteiger partial charge on any atom is -0.00990 e. The van der Waals surface area contributed by atoms with Crippen molar-refractivity contribution in [3.05, 3.63) is 278 Å². The summed E-state index contributed by atoms with van der Waals surface area (Å²) in [4.78, 5) is 0. The molecule has 0 saturated carbocycles. The van der Waals surface area contributed by atoms with Gasteiger partial charge in [0, 0.05) is 0 Å². The number of hydrogen-bond donors (Lipinski definition) is 0. The molecule has 8 aromatic rings. The number of hydrogen-bond acceptors (Lipinski definition) is 0. The summed E-state index contributed by atoms with van der Waals surface area (Å²) < 4.78 is 0. The zero-order valence-corrected chi connectivity index (χ0v) is 26.5. The molecule has 9 rings (SSSR count). The Balaban J connectivity index is 1.90. The zero-order chi connectivity index (χ0) is 31.9. The Bertz CT molecular complexity index is 2360. The minimum Gasteiger partial charge on any atom is -0.0616 e. The lowest BCUT2D eigenvalue weighted by Crippen LogP contribution is -1.88. The van der Waals surface area contributed by atoms with E-state index in [-0.39, 0.29) is 0 Å². The van der Waals surface area contributed by atoms with E-state index in [0.29, 0.717) is 0 Å². The smallest absolute Gasteiger partial charge is 0.00990 e. The average Bonchev–Trinajstić information content (AvgIpc) is 3.18. The second kappa shape index (κ2) is 11.8. The molecule has 0 heteroatoms. The SMILES string of the molecule is c1ccc2/c(c1)=c1/cccc/c1=c1\cccc\c1=c1/cccc/c1=c1\cccc\c1=c1/cccc/c1=c1\cccc\c1=c1/cccc/c1=2. The number of rotatable bonds is 0. The second-order valence-corrected chi connectivity index (χ2v) is 12.4. The van der Waals surface area contributed by atoms with Crippen LogP contribution in [0.4, 0.5) is 0 Å². The summed E-state index contributed by atoms with van der Waals surface area (Å²) in [5.74, 6) is 0. The van der Waals surface area contributed by atoms with Gasteiger partial charge in [0.05, 0.1) is 0 Å². The lowest BCUT2D eigenvalue weighted by atomic mass is 10.0. The van der Waals surface area contributed by atoms with Gasteiger partial charge in [-0.15, -0.1) is 0 Å². The molecule has 8 aromatic carbocycles. The Kier molecular flexibility index (Phi) is 6.91. The Morgan fingerprint density at radius 3 is 0.229 bits per heavy atom. The van der Waals surface area contributed by atoms with Crippen LogP contribution in [0.15, 0.2) is 194 Å². The summed E-state index contributed by atoms with van der Waals surface area (Å²) in [6.45, 7) is 0. The van der Waals surface area contributed by atoms with E-state index in [0.717, 1.165) is 0 Å². The summed E-state index contributed by atoms with van der Waals surface area (Å²) in [6.07, 6.45) is 0. The molecule has 0 unspecified atom stereocenters. The molecule has 0 aliphatic heterocycles. The van der Waals surface area contributed by atoms with Gasteiger partial charge in [0.25, 0.3) is 0 Å². The molecule has 0 atom stereocenters. The van der Waals surface area contributed by atoms with Gasteiger partial charge < -0.3 is 0 Å². The minimum absolute atomic E-state index is 1.22. The lowest BCUT2D eigenvalue weighted by Gasteiger charge is -2.02. The van der Waals surface area contributed by atoms with E-state index < -0.39 is 0 Å². The van der Waals surface area contributed by atoms with E-state index in [9.17, 15) is 0 Å². The standard InChI is InChI=1S/C48H32/c1-2-18-34-33(17-1)35-19-3-4-21-37(35)39-23-7-8-25-41(39)43-27-11-12-29-45(43)47-31-15-16-32-48(47)46-30-14-13-28-44(46)42-26-10-9-24-40(42)38-22-6-5-20-36(34)38/h1-32H/b35-33-,36-34-,39-37-,40-38-,43-41-,44-42-,47-45-,48-46-. The predicted molar refractivity (Wildman–Crippen MR) is 193 cm³/mol. The normalized spacial score (nSPS) is 17.3. The van der Waals surface area contributed by atoms with Gasteiger partial charge in [-0.05, 0) is 83.5 Å². The highest BCUT2D eigenvalue weighted by Gasteiger charge is 2.00. The number of fused-ring (bicyclic) bond motifs is 8. The second-order valence-electron chi connectivity index (χ2n) is 12.4. The van der Waals surface area contributed by atoms with Crippen LogP contribution in [0.2, 0.25) is 0 Å². The van der Waals surface area contributed by atoms with Crippen molar-refractivity contribution in [3.8, 4) is 0 Å². The van der Waals surface area contributed by atoms with Crippen molar-refractivity contribution in [2.45, 2.75) is 0 Å². The highest BCUT2D eigenvalue weighted by Crippen LogP contribution is 2.14. The van der Waals surface area contributed by atoms with Gasteiger partial charge in [-0.25, -0.2) is 0 Å². The van der Waals surface area contributed by atoms with E-state index in [4.69, 9.17) is 0 Å². The summed E-state index contributed by atoms with van der Waals surface area (Å²) in [5.41, 5.74) is 0. The molecule has 0 bridgehead atoms. The van der Waals surface area contributed by atoms with Crippen LogP contribution < -0.4 is 0 Å². The van der Waals surface area contributed by atoms with Crippen molar-refractivity contribution in [3.63, 3.8) is 0 Å². The topological polar surface area (TPSA) is 0 Å². The fourth-order valence-electron chi connectivity index (χ4n) is 7.62. The van der Waals surface area contributed by atoms with Crippen LogP contribution in [0.1, 0.15) is 0 Å². The molecule has 0 N–H and O–H groups in total. The van der Waals surface area contributed by atoms with Gasteiger partial charge in [0.2, 0.25) is 0 Å². The van der Waals surface area contributed by atoms with E-state index in [1.165, 1.54) is 83.5 Å². The van der Waals surface area contributed by atoms with Crippen LogP contribution in [0.3, 0.4) is 0 Å². The lowest BCUT2D eigenvalue weighted by molar-refractivity contribution is 1.29. The summed E-state index contributed by atoms with van der Waals surface area (Å²) >= 11 is 0. The monoisotopic (exact) mass is 608 g/mol. The van der Waals surface area contributed by atoms with Gasteiger partial charge in [-0.3, -0.25) is 0 Å². The first-order valence-electron chi connectivity index (χ1n) is 16.6. The van der Waals surface area contributed by atoms with Crippen LogP contribution >= 0.6 is 0 Å². The molecular formula is C48H32. The van der Waals surface area contributed by atoms with Crippen LogP contribution in [0.25, 0.3) is 0 Å². The maximum absolute atomic E-state index is 2.28. The molecular weight excluding hydrogens is 577 g/mol. The minimum atomic E-state index is 1.22. The Morgan fingerprint density at radius 1 is 0.104 bits per heavy atom. The van der Waals surface area contributed by atoms with Crippen LogP contribution in [0.5, 0.6) is 0 Å². The summed E-state index contributed by atoms with van der Waals surface area (Å²) in [7, 11) is 0. The summed E-state index contributed by atoms with van der Waals surface area (Å²) in [6, 6.07) is 71.1. The third-order valence-electron chi connectivity index (χ3n) is 9.74. The van der Waals surface area contributed by atoms with E-state index in [1.54, 1.807) is 0 Å². The van der Waals surface area contributed by atoms with Crippen LogP contribution in [-0.4, -0.2) is 0 Å². The van der Waals surface area contributed by atoms with Crippen molar-refractivity contribution in [2.24, 2.45) is 0 Å². The van der Waals surface area contributed by atoms with Gasteiger partial charge >= 0.3 is 0 Å². The fraction of sp³-hybridized carbons (Fsp3) is 0.